The summed E-state index contributed by atoms with van der Waals surface area (Å²) in [4.78, 5) is 23.6. The van der Waals surface area contributed by atoms with Gasteiger partial charge in [0.15, 0.2) is 0 Å². The molecule has 0 unspecified atom stereocenters. The Hall–Kier alpha value is -2.62. The van der Waals surface area contributed by atoms with Crippen LogP contribution in [0.25, 0.3) is 0 Å². The molecule has 2 N–H and O–H groups in total. The van der Waals surface area contributed by atoms with E-state index in [0.717, 1.165) is 50.5 Å². The lowest BCUT2D eigenvalue weighted by molar-refractivity contribution is -0.141. The molecular formula is C29H43NO3. The van der Waals surface area contributed by atoms with Crippen molar-refractivity contribution in [3.8, 4) is 0 Å². The van der Waals surface area contributed by atoms with Crippen LogP contribution in [-0.4, -0.2) is 23.0 Å². The van der Waals surface area contributed by atoms with E-state index < -0.39 is 12.0 Å². The molecule has 1 amide bonds. The fourth-order valence-corrected chi connectivity index (χ4v) is 3.51. The monoisotopic (exact) mass is 453 g/mol. The average molecular weight is 454 g/mol. The van der Waals surface area contributed by atoms with Gasteiger partial charge in [-0.15, -0.1) is 0 Å². The number of hydrogen-bond donors (Lipinski definition) is 2. The summed E-state index contributed by atoms with van der Waals surface area (Å²) >= 11 is 0. The van der Waals surface area contributed by atoms with Crippen LogP contribution in [0.15, 0.2) is 66.8 Å². The van der Waals surface area contributed by atoms with Crippen molar-refractivity contribution in [1.82, 2.24) is 5.32 Å². The largest absolute Gasteiger partial charge is 0.480 e. The molecule has 0 spiro atoms. The number of allylic oxidation sites excluding steroid dienone is 6. The Morgan fingerprint density at radius 3 is 2.00 bits per heavy atom. The predicted molar refractivity (Wildman–Crippen MR) is 138 cm³/mol. The van der Waals surface area contributed by atoms with Crippen LogP contribution in [0.4, 0.5) is 0 Å². The number of amides is 1. The van der Waals surface area contributed by atoms with Gasteiger partial charge in [-0.3, -0.25) is 4.79 Å². The molecule has 4 heteroatoms. The van der Waals surface area contributed by atoms with Gasteiger partial charge >= 0.3 is 5.97 Å². The molecule has 0 radical (unpaired) electrons. The van der Waals surface area contributed by atoms with E-state index in [-0.39, 0.29) is 5.91 Å². The molecule has 0 aliphatic carbocycles. The van der Waals surface area contributed by atoms with Crippen molar-refractivity contribution in [2.24, 2.45) is 0 Å². The predicted octanol–water partition coefficient (Wildman–Crippen LogP) is 7.17. The molecule has 182 valence electrons. The van der Waals surface area contributed by atoms with Gasteiger partial charge in [-0.1, -0.05) is 99.4 Å². The van der Waals surface area contributed by atoms with Crippen LogP contribution in [0.3, 0.4) is 0 Å². The molecule has 0 aromatic heterocycles. The molecule has 1 atom stereocenters. The molecule has 4 nitrogen and oxygen atoms in total. The van der Waals surface area contributed by atoms with Crippen molar-refractivity contribution in [3.63, 3.8) is 0 Å². The summed E-state index contributed by atoms with van der Waals surface area (Å²) in [5, 5.41) is 12.0. The minimum absolute atomic E-state index is 0.180. The minimum Gasteiger partial charge on any atom is -0.480 e. The zero-order chi connectivity index (χ0) is 24.0. The smallest absolute Gasteiger partial charge is 0.326 e. The van der Waals surface area contributed by atoms with E-state index in [1.165, 1.54) is 25.7 Å². The van der Waals surface area contributed by atoms with E-state index in [4.69, 9.17) is 0 Å². The third kappa shape index (κ3) is 16.6. The van der Waals surface area contributed by atoms with Crippen LogP contribution in [0.2, 0.25) is 0 Å². The first-order valence-corrected chi connectivity index (χ1v) is 12.6. The second-order valence-electron chi connectivity index (χ2n) is 8.48. The molecule has 0 heterocycles. The SMILES string of the molecule is CCCCC/C=C\C/C=C\C/C=C\CCCCCCC(=O)N[C@@H](Cc1ccccc1)C(=O)O. The summed E-state index contributed by atoms with van der Waals surface area (Å²) in [6.07, 6.45) is 26.3. The fourth-order valence-electron chi connectivity index (χ4n) is 3.51. The topological polar surface area (TPSA) is 66.4 Å². The van der Waals surface area contributed by atoms with Crippen LogP contribution >= 0.6 is 0 Å². The second kappa shape index (κ2) is 20.0. The van der Waals surface area contributed by atoms with Crippen molar-refractivity contribution in [2.45, 2.75) is 96.4 Å². The van der Waals surface area contributed by atoms with Gasteiger partial charge in [-0.2, -0.15) is 0 Å². The Morgan fingerprint density at radius 1 is 0.818 bits per heavy atom. The van der Waals surface area contributed by atoms with Crippen molar-refractivity contribution in [2.75, 3.05) is 0 Å². The van der Waals surface area contributed by atoms with Crippen LogP contribution in [-0.2, 0) is 16.0 Å². The third-order valence-corrected chi connectivity index (χ3v) is 5.46. The molecule has 0 aliphatic rings. The molecule has 0 saturated carbocycles. The number of benzene rings is 1. The summed E-state index contributed by atoms with van der Waals surface area (Å²) < 4.78 is 0. The first-order chi connectivity index (χ1) is 16.1. The van der Waals surface area contributed by atoms with Gasteiger partial charge in [-0.25, -0.2) is 4.79 Å². The highest BCUT2D eigenvalue weighted by Crippen LogP contribution is 2.08. The summed E-state index contributed by atoms with van der Waals surface area (Å²) in [5.41, 5.74) is 0.906. The van der Waals surface area contributed by atoms with Crippen molar-refractivity contribution in [1.29, 1.82) is 0 Å². The second-order valence-corrected chi connectivity index (χ2v) is 8.48. The molecule has 1 aromatic rings. The fraction of sp³-hybridized carbons (Fsp3) is 0.517. The normalized spacial score (nSPS) is 12.6. The van der Waals surface area contributed by atoms with E-state index in [2.05, 4.69) is 48.7 Å². The molecule has 0 aliphatic heterocycles. The zero-order valence-corrected chi connectivity index (χ0v) is 20.4. The number of carboxylic acids is 1. The Morgan fingerprint density at radius 2 is 1.39 bits per heavy atom. The van der Waals surface area contributed by atoms with Gasteiger partial charge in [-0.05, 0) is 50.5 Å². The van der Waals surface area contributed by atoms with E-state index in [1.807, 2.05) is 30.3 Å². The van der Waals surface area contributed by atoms with Gasteiger partial charge in [0.25, 0.3) is 0 Å². The lowest BCUT2D eigenvalue weighted by Gasteiger charge is -2.14. The highest BCUT2D eigenvalue weighted by molar-refractivity contribution is 5.83. The van der Waals surface area contributed by atoms with Crippen LogP contribution in [0.1, 0.15) is 89.5 Å². The number of unbranched alkanes of at least 4 members (excludes halogenated alkanes) is 7. The maximum atomic E-state index is 12.1. The maximum absolute atomic E-state index is 12.1. The lowest BCUT2D eigenvalue weighted by Crippen LogP contribution is -2.42. The Kier molecular flexibility index (Phi) is 17.2. The molecular weight excluding hydrogens is 410 g/mol. The van der Waals surface area contributed by atoms with Crippen molar-refractivity contribution < 1.29 is 14.7 Å². The van der Waals surface area contributed by atoms with Crippen molar-refractivity contribution in [3.05, 3.63) is 72.4 Å². The van der Waals surface area contributed by atoms with Crippen LogP contribution in [0, 0.1) is 0 Å². The van der Waals surface area contributed by atoms with E-state index in [9.17, 15) is 14.7 Å². The van der Waals surface area contributed by atoms with Gasteiger partial charge in [0.05, 0.1) is 0 Å². The van der Waals surface area contributed by atoms with Crippen molar-refractivity contribution >= 4 is 11.9 Å². The number of carbonyl (C=O) groups excluding carboxylic acids is 1. The average Bonchev–Trinajstić information content (AvgIpc) is 2.81. The number of nitrogens with one attached hydrogen (secondary N) is 1. The summed E-state index contributed by atoms with van der Waals surface area (Å²) in [5.74, 6) is -1.17. The first-order valence-electron chi connectivity index (χ1n) is 12.6. The number of hydrogen-bond acceptors (Lipinski definition) is 2. The molecule has 1 rings (SSSR count). The number of carboxylic acid groups (broad SMARTS) is 1. The van der Waals surface area contributed by atoms with Crippen LogP contribution < -0.4 is 5.32 Å². The van der Waals surface area contributed by atoms with Gasteiger partial charge < -0.3 is 10.4 Å². The van der Waals surface area contributed by atoms with Crippen LogP contribution in [0.5, 0.6) is 0 Å². The molecule has 0 bridgehead atoms. The summed E-state index contributed by atoms with van der Waals surface area (Å²) in [6, 6.07) is 8.51. The number of aliphatic carboxylic acids is 1. The summed E-state index contributed by atoms with van der Waals surface area (Å²) in [6.45, 7) is 2.23. The Labute approximate surface area is 200 Å². The molecule has 1 aromatic carbocycles. The standard InChI is InChI=1S/C29H43NO3/c1-2-3-4-5-6-7-8-9-10-11-12-13-14-15-16-17-21-24-28(31)30-27(29(32)33)25-26-22-19-18-20-23-26/h6-7,9-10,12-13,18-20,22-23,27H,2-5,8,11,14-17,21,24-25H2,1H3,(H,30,31)(H,32,33)/b7-6-,10-9-,13-12-/t27-/m0/s1. The third-order valence-electron chi connectivity index (χ3n) is 5.46. The highest BCUT2D eigenvalue weighted by Gasteiger charge is 2.19. The van der Waals surface area contributed by atoms with E-state index in [0.29, 0.717) is 12.8 Å². The van der Waals surface area contributed by atoms with E-state index >= 15 is 0 Å². The molecule has 0 saturated heterocycles. The number of rotatable bonds is 19. The van der Waals surface area contributed by atoms with Gasteiger partial charge in [0.1, 0.15) is 6.04 Å². The Balaban J connectivity index is 2.03. The highest BCUT2D eigenvalue weighted by atomic mass is 16.4. The molecule has 0 fully saturated rings. The Bertz CT molecular complexity index is 722. The number of carbonyl (C=O) groups is 2. The molecule has 33 heavy (non-hydrogen) atoms. The quantitative estimate of drug-likeness (QED) is 0.172. The first kappa shape index (κ1) is 28.4. The lowest BCUT2D eigenvalue weighted by atomic mass is 10.1. The zero-order valence-electron chi connectivity index (χ0n) is 20.4. The van der Waals surface area contributed by atoms with Gasteiger partial charge in [0.2, 0.25) is 5.91 Å². The minimum atomic E-state index is -0.993. The van der Waals surface area contributed by atoms with E-state index in [1.54, 1.807) is 0 Å². The summed E-state index contributed by atoms with van der Waals surface area (Å²) in [7, 11) is 0. The van der Waals surface area contributed by atoms with Gasteiger partial charge in [0, 0.05) is 12.8 Å². The maximum Gasteiger partial charge on any atom is 0.326 e.